The van der Waals surface area contributed by atoms with E-state index in [0.717, 1.165) is 31.2 Å². The minimum absolute atomic E-state index is 0.0259. The van der Waals surface area contributed by atoms with Gasteiger partial charge in [0.25, 0.3) is 5.91 Å². The number of benzene rings is 1. The molecule has 1 aromatic heterocycles. The van der Waals surface area contributed by atoms with Crippen LogP contribution in [0.1, 0.15) is 37.9 Å². The summed E-state index contributed by atoms with van der Waals surface area (Å²) in [5.41, 5.74) is 1.11. The van der Waals surface area contributed by atoms with Crippen molar-refractivity contribution in [3.63, 3.8) is 0 Å². The predicted octanol–water partition coefficient (Wildman–Crippen LogP) is 5.88. The number of thioether (sulfide) groups is 1. The summed E-state index contributed by atoms with van der Waals surface area (Å²) >= 11 is 6.79. The van der Waals surface area contributed by atoms with Crippen LogP contribution < -0.4 is 0 Å². The van der Waals surface area contributed by atoms with Crippen LogP contribution in [0.3, 0.4) is 0 Å². The van der Waals surface area contributed by atoms with Gasteiger partial charge in [-0.1, -0.05) is 55.4 Å². The Labute approximate surface area is 166 Å². The van der Waals surface area contributed by atoms with Crippen molar-refractivity contribution in [2.24, 2.45) is 5.18 Å². The SMILES string of the molecule is O=Nc1cccc(-c2ccc(/C=C3\SC(=S)N(C4CCCCC4)C3=O)o2)c1. The van der Waals surface area contributed by atoms with Gasteiger partial charge in [0.15, 0.2) is 0 Å². The summed E-state index contributed by atoms with van der Waals surface area (Å²) in [4.78, 5) is 25.9. The summed E-state index contributed by atoms with van der Waals surface area (Å²) in [6.07, 6.45) is 7.32. The predicted molar refractivity (Wildman–Crippen MR) is 111 cm³/mol. The molecule has 5 nitrogen and oxygen atoms in total. The van der Waals surface area contributed by atoms with Gasteiger partial charge in [0.2, 0.25) is 0 Å². The second kappa shape index (κ2) is 7.78. The summed E-state index contributed by atoms with van der Waals surface area (Å²) < 4.78 is 6.48. The lowest BCUT2D eigenvalue weighted by molar-refractivity contribution is -0.124. The number of amides is 1. The van der Waals surface area contributed by atoms with E-state index in [1.54, 1.807) is 29.2 Å². The summed E-state index contributed by atoms with van der Waals surface area (Å²) in [5, 5.41) is 2.95. The number of thiocarbonyl (C=S) groups is 1. The third-order valence-corrected chi connectivity index (χ3v) is 6.23. The highest BCUT2D eigenvalue weighted by atomic mass is 32.2. The number of nitroso groups, excluding NO2 is 1. The molecule has 1 saturated carbocycles. The van der Waals surface area contributed by atoms with Gasteiger partial charge in [-0.15, -0.1) is 4.91 Å². The van der Waals surface area contributed by atoms with Gasteiger partial charge >= 0.3 is 0 Å². The second-order valence-corrected chi connectivity index (χ2v) is 8.36. The Morgan fingerprint density at radius 2 is 2.00 bits per heavy atom. The van der Waals surface area contributed by atoms with Crippen LogP contribution in [0, 0.1) is 4.91 Å². The summed E-state index contributed by atoms with van der Waals surface area (Å²) in [7, 11) is 0. The molecule has 1 aliphatic heterocycles. The van der Waals surface area contributed by atoms with Crippen LogP contribution in [0.5, 0.6) is 0 Å². The van der Waals surface area contributed by atoms with Gasteiger partial charge in [-0.05, 0) is 42.3 Å². The van der Waals surface area contributed by atoms with E-state index < -0.39 is 0 Å². The van der Waals surface area contributed by atoms with E-state index in [4.69, 9.17) is 16.6 Å². The molecule has 4 rings (SSSR count). The number of carbonyl (C=O) groups excluding carboxylic acids is 1. The monoisotopic (exact) mass is 398 g/mol. The fourth-order valence-corrected chi connectivity index (χ4v) is 4.95. The molecular weight excluding hydrogens is 380 g/mol. The highest BCUT2D eigenvalue weighted by molar-refractivity contribution is 8.26. The molecule has 0 atom stereocenters. The zero-order valence-electron chi connectivity index (χ0n) is 14.6. The lowest BCUT2D eigenvalue weighted by atomic mass is 9.94. The number of hydrogen-bond donors (Lipinski definition) is 0. The summed E-state index contributed by atoms with van der Waals surface area (Å²) in [5.74, 6) is 1.18. The molecule has 2 aliphatic rings. The number of furan rings is 1. The molecule has 0 N–H and O–H groups in total. The van der Waals surface area contributed by atoms with Crippen molar-refractivity contribution >= 4 is 46.0 Å². The van der Waals surface area contributed by atoms with Gasteiger partial charge in [-0.2, -0.15) is 0 Å². The first kappa shape index (κ1) is 18.1. The number of nitrogens with zero attached hydrogens (tertiary/aromatic N) is 2. The molecule has 138 valence electrons. The molecule has 0 radical (unpaired) electrons. The van der Waals surface area contributed by atoms with Gasteiger partial charge in [0.05, 0.1) is 4.91 Å². The highest BCUT2D eigenvalue weighted by Gasteiger charge is 2.37. The third kappa shape index (κ3) is 3.75. The van der Waals surface area contributed by atoms with E-state index in [-0.39, 0.29) is 11.9 Å². The molecule has 2 heterocycles. The molecule has 0 unspecified atom stereocenters. The van der Waals surface area contributed by atoms with Crippen LogP contribution in [-0.4, -0.2) is 21.2 Å². The van der Waals surface area contributed by atoms with Crippen molar-refractivity contribution in [2.45, 2.75) is 38.1 Å². The fourth-order valence-electron chi connectivity index (χ4n) is 3.56. The maximum absolute atomic E-state index is 12.8. The van der Waals surface area contributed by atoms with Crippen LogP contribution in [0.25, 0.3) is 17.4 Å². The fraction of sp³-hybridized carbons (Fsp3) is 0.300. The maximum atomic E-state index is 12.8. The van der Waals surface area contributed by atoms with E-state index in [2.05, 4.69) is 5.18 Å². The normalized spacial score (nSPS) is 19.9. The minimum atomic E-state index is -0.0259. The van der Waals surface area contributed by atoms with Crippen molar-refractivity contribution in [3.8, 4) is 11.3 Å². The summed E-state index contributed by atoms with van der Waals surface area (Å²) in [6.45, 7) is 0. The van der Waals surface area contributed by atoms with Gasteiger partial charge in [-0.25, -0.2) is 0 Å². The molecule has 7 heteroatoms. The van der Waals surface area contributed by atoms with Gasteiger partial charge in [-0.3, -0.25) is 9.69 Å². The maximum Gasteiger partial charge on any atom is 0.266 e. The van der Waals surface area contributed by atoms with E-state index in [9.17, 15) is 9.70 Å². The first-order chi connectivity index (χ1) is 13.2. The number of carbonyl (C=O) groups is 1. The molecule has 2 aromatic rings. The topological polar surface area (TPSA) is 62.9 Å². The van der Waals surface area contributed by atoms with Crippen LogP contribution in [0.4, 0.5) is 5.69 Å². The Balaban J connectivity index is 1.55. The molecule has 1 saturated heterocycles. The van der Waals surface area contributed by atoms with Gasteiger partial charge in [0, 0.05) is 17.7 Å². The Kier molecular flexibility index (Phi) is 5.22. The third-order valence-electron chi connectivity index (χ3n) is 4.90. The van der Waals surface area contributed by atoms with Gasteiger partial charge < -0.3 is 4.42 Å². The first-order valence-corrected chi connectivity index (χ1v) is 10.2. The zero-order chi connectivity index (χ0) is 18.8. The van der Waals surface area contributed by atoms with Crippen LogP contribution >= 0.6 is 24.0 Å². The lowest BCUT2D eigenvalue weighted by Gasteiger charge is -2.29. The number of hydrogen-bond acceptors (Lipinski definition) is 6. The largest absolute Gasteiger partial charge is 0.457 e. The second-order valence-electron chi connectivity index (χ2n) is 6.69. The van der Waals surface area contributed by atoms with Crippen molar-refractivity contribution in [3.05, 3.63) is 52.0 Å². The first-order valence-electron chi connectivity index (χ1n) is 8.96. The van der Waals surface area contributed by atoms with E-state index in [0.29, 0.717) is 26.4 Å². The Hall–Kier alpha value is -2.25. The lowest BCUT2D eigenvalue weighted by Crippen LogP contribution is -2.39. The molecule has 1 amide bonds. The minimum Gasteiger partial charge on any atom is -0.457 e. The summed E-state index contributed by atoms with van der Waals surface area (Å²) in [6, 6.07) is 10.8. The Bertz CT molecular complexity index is 929. The van der Waals surface area contributed by atoms with E-state index >= 15 is 0 Å². The molecular formula is C20H18N2O3S2. The molecule has 0 bridgehead atoms. The van der Waals surface area contributed by atoms with Crippen LogP contribution in [0.15, 0.2) is 50.9 Å². The van der Waals surface area contributed by atoms with Crippen molar-refractivity contribution in [2.75, 3.05) is 0 Å². The van der Waals surface area contributed by atoms with Crippen molar-refractivity contribution in [1.82, 2.24) is 4.90 Å². The van der Waals surface area contributed by atoms with Crippen molar-refractivity contribution < 1.29 is 9.21 Å². The molecule has 0 spiro atoms. The van der Waals surface area contributed by atoms with Gasteiger partial charge in [0.1, 0.15) is 21.5 Å². The average Bonchev–Trinajstić information content (AvgIpc) is 3.27. The van der Waals surface area contributed by atoms with Crippen LogP contribution in [-0.2, 0) is 4.79 Å². The molecule has 1 aromatic carbocycles. The van der Waals surface area contributed by atoms with Crippen LogP contribution in [0.2, 0.25) is 0 Å². The Morgan fingerprint density at radius 3 is 2.78 bits per heavy atom. The zero-order valence-corrected chi connectivity index (χ0v) is 16.2. The van der Waals surface area contributed by atoms with Crippen molar-refractivity contribution in [1.29, 1.82) is 0 Å². The quantitative estimate of drug-likeness (QED) is 0.366. The van der Waals surface area contributed by atoms with E-state index in [1.165, 1.54) is 18.2 Å². The smallest absolute Gasteiger partial charge is 0.266 e. The van der Waals surface area contributed by atoms with E-state index in [1.807, 2.05) is 18.2 Å². The molecule has 2 fully saturated rings. The number of rotatable bonds is 4. The Morgan fingerprint density at radius 1 is 1.19 bits per heavy atom. The standard InChI is InChI=1S/C20H18N2O3S2/c23-19-18(27-20(26)22(19)15-7-2-1-3-8-15)12-16-9-10-17(25-16)13-5-4-6-14(11-13)21-24/h4-6,9-12,15H,1-3,7-8H2/b18-12-. The molecule has 27 heavy (non-hydrogen) atoms. The highest BCUT2D eigenvalue weighted by Crippen LogP contribution is 2.38. The molecule has 1 aliphatic carbocycles. The average molecular weight is 399 g/mol.